The van der Waals surface area contributed by atoms with Gasteiger partial charge in [0.25, 0.3) is 0 Å². The molecular formula is C19H16PS3+. The summed E-state index contributed by atoms with van der Waals surface area (Å²) in [5.74, 6) is 2.29. The summed E-state index contributed by atoms with van der Waals surface area (Å²) in [5.41, 5.74) is 1.06. The third-order valence-electron chi connectivity index (χ3n) is 3.45. The summed E-state index contributed by atoms with van der Waals surface area (Å²) >= 11 is 13.6. The summed E-state index contributed by atoms with van der Waals surface area (Å²) in [6.45, 7) is 0. The first-order valence-electron chi connectivity index (χ1n) is 7.14. The lowest BCUT2D eigenvalue weighted by atomic mass is 10.2. The van der Waals surface area contributed by atoms with Crippen molar-refractivity contribution in [2.24, 2.45) is 0 Å². The van der Waals surface area contributed by atoms with Crippen molar-refractivity contribution < 1.29 is 0 Å². The third kappa shape index (κ3) is 4.05. The Kier molecular flexibility index (Phi) is 5.55. The molecule has 3 rings (SSSR count). The number of rotatable bonds is 3. The molecule has 0 radical (unpaired) electrons. The van der Waals surface area contributed by atoms with Gasteiger partial charge in [0.05, 0.1) is 0 Å². The standard InChI is InChI=1S/C19H15PS3/c21-16-11-18(22)17(19(23)12-16)13-20(14-7-3-1-4-8-14)15-9-5-2-6-10-15/h1-13H,(H2-,21,22,23)/p+1. The minimum Gasteiger partial charge on any atom is -0.143 e. The van der Waals surface area contributed by atoms with Crippen molar-refractivity contribution in [1.29, 1.82) is 0 Å². The van der Waals surface area contributed by atoms with Crippen LogP contribution in [0.3, 0.4) is 0 Å². The molecule has 3 aromatic carbocycles. The predicted molar refractivity (Wildman–Crippen MR) is 112 cm³/mol. The maximum absolute atomic E-state index is 4.62. The first-order valence-corrected chi connectivity index (χ1v) is 9.89. The summed E-state index contributed by atoms with van der Waals surface area (Å²) < 4.78 is 0. The highest BCUT2D eigenvalue weighted by Crippen LogP contribution is 2.29. The van der Waals surface area contributed by atoms with Gasteiger partial charge in [-0.3, -0.25) is 0 Å². The number of benzene rings is 3. The van der Waals surface area contributed by atoms with Gasteiger partial charge in [0.2, 0.25) is 0 Å². The Morgan fingerprint density at radius 3 is 1.52 bits per heavy atom. The number of hydrogen-bond acceptors (Lipinski definition) is 3. The van der Waals surface area contributed by atoms with Crippen LogP contribution < -0.4 is 10.6 Å². The second-order valence-electron chi connectivity index (χ2n) is 5.07. The van der Waals surface area contributed by atoms with Crippen LogP contribution in [0, 0.1) is 0 Å². The second-order valence-corrected chi connectivity index (χ2v) is 8.58. The van der Waals surface area contributed by atoms with Crippen LogP contribution in [0.1, 0.15) is 5.56 Å². The fourth-order valence-corrected chi connectivity index (χ4v) is 5.87. The van der Waals surface area contributed by atoms with Gasteiger partial charge in [-0.25, -0.2) is 0 Å². The second kappa shape index (κ2) is 7.63. The van der Waals surface area contributed by atoms with E-state index in [2.05, 4.69) is 92.2 Å². The van der Waals surface area contributed by atoms with E-state index in [0.717, 1.165) is 20.2 Å². The zero-order valence-electron chi connectivity index (χ0n) is 12.3. The molecule has 23 heavy (non-hydrogen) atoms. The van der Waals surface area contributed by atoms with Gasteiger partial charge in [-0.1, -0.05) is 36.4 Å². The molecule has 0 unspecified atom stereocenters. The Labute approximate surface area is 154 Å². The number of thiol groups is 3. The van der Waals surface area contributed by atoms with Crippen LogP contribution in [0.5, 0.6) is 0 Å². The van der Waals surface area contributed by atoms with Gasteiger partial charge in [0.1, 0.15) is 5.80 Å². The van der Waals surface area contributed by atoms with Gasteiger partial charge >= 0.3 is 0 Å². The molecule has 0 amide bonds. The number of hydrogen-bond donors (Lipinski definition) is 3. The molecular weight excluding hydrogens is 355 g/mol. The highest BCUT2D eigenvalue weighted by Gasteiger charge is 2.19. The summed E-state index contributed by atoms with van der Waals surface area (Å²) in [4.78, 5) is 2.68. The Morgan fingerprint density at radius 1 is 0.652 bits per heavy atom. The van der Waals surface area contributed by atoms with Crippen LogP contribution in [0.4, 0.5) is 0 Å². The molecule has 4 heteroatoms. The van der Waals surface area contributed by atoms with E-state index in [4.69, 9.17) is 0 Å². The highest BCUT2D eigenvalue weighted by molar-refractivity contribution is 7.82. The molecule has 0 atom stereocenters. The minimum absolute atomic E-state index is 0.617. The van der Waals surface area contributed by atoms with Gasteiger partial charge in [0, 0.05) is 20.2 Å². The molecule has 0 aliphatic carbocycles. The molecule has 3 aromatic rings. The SMILES string of the molecule is Sc1cc(S)c(C=[P+](c2ccccc2)c2ccccc2)c(S)c1. The summed E-state index contributed by atoms with van der Waals surface area (Å²) in [6, 6.07) is 25.1. The van der Waals surface area contributed by atoms with E-state index in [9.17, 15) is 0 Å². The maximum atomic E-state index is 4.62. The molecule has 0 heterocycles. The van der Waals surface area contributed by atoms with Crippen molar-refractivity contribution in [2.45, 2.75) is 14.7 Å². The largest absolute Gasteiger partial charge is 0.170 e. The summed E-state index contributed by atoms with van der Waals surface area (Å²) in [5, 5.41) is 2.62. The minimum atomic E-state index is -0.617. The van der Waals surface area contributed by atoms with Gasteiger partial charge < -0.3 is 0 Å². The smallest absolute Gasteiger partial charge is 0.143 e. The lowest BCUT2D eigenvalue weighted by molar-refractivity contribution is 1.23. The van der Waals surface area contributed by atoms with Gasteiger partial charge in [0.15, 0.2) is 18.2 Å². The van der Waals surface area contributed by atoms with Gasteiger partial charge in [-0.05, 0) is 36.4 Å². The van der Waals surface area contributed by atoms with Crippen molar-refractivity contribution in [2.75, 3.05) is 0 Å². The molecule has 0 saturated heterocycles. The van der Waals surface area contributed by atoms with Gasteiger partial charge in [-0.15, -0.1) is 37.9 Å². The fraction of sp³-hybridized carbons (Fsp3) is 0. The van der Waals surface area contributed by atoms with Crippen molar-refractivity contribution in [3.8, 4) is 0 Å². The lowest BCUT2D eigenvalue weighted by Gasteiger charge is -2.04. The quantitative estimate of drug-likeness (QED) is 0.426. The fourth-order valence-electron chi connectivity index (χ4n) is 2.35. The van der Waals surface area contributed by atoms with Crippen molar-refractivity contribution >= 4 is 61.8 Å². The first kappa shape index (κ1) is 16.7. The Bertz CT molecular complexity index is 778. The molecule has 0 aliphatic heterocycles. The maximum Gasteiger partial charge on any atom is 0.170 e. The Morgan fingerprint density at radius 2 is 1.09 bits per heavy atom. The van der Waals surface area contributed by atoms with Crippen LogP contribution in [0.25, 0.3) is 0 Å². The first-order chi connectivity index (χ1) is 11.1. The molecule has 114 valence electrons. The van der Waals surface area contributed by atoms with E-state index in [1.807, 2.05) is 24.3 Å². The average molecular weight is 372 g/mol. The highest BCUT2D eigenvalue weighted by atomic mass is 32.1. The van der Waals surface area contributed by atoms with E-state index in [-0.39, 0.29) is 0 Å². The average Bonchev–Trinajstić information content (AvgIpc) is 2.56. The predicted octanol–water partition coefficient (Wildman–Crippen LogP) is 4.84. The molecule has 0 aliphatic rings. The molecule has 0 spiro atoms. The van der Waals surface area contributed by atoms with Crippen LogP contribution in [-0.4, -0.2) is 5.80 Å². The third-order valence-corrected chi connectivity index (χ3v) is 6.67. The van der Waals surface area contributed by atoms with E-state index in [0.29, 0.717) is 0 Å². The summed E-state index contributed by atoms with van der Waals surface area (Å²) in [7, 11) is -0.617. The summed E-state index contributed by atoms with van der Waals surface area (Å²) in [6.07, 6.45) is 0. The molecule has 0 nitrogen and oxygen atoms in total. The van der Waals surface area contributed by atoms with Crippen molar-refractivity contribution in [1.82, 2.24) is 0 Å². The zero-order chi connectivity index (χ0) is 16.2. The monoisotopic (exact) mass is 371 g/mol. The van der Waals surface area contributed by atoms with E-state index in [1.165, 1.54) is 10.6 Å². The Balaban J connectivity index is 2.21. The van der Waals surface area contributed by atoms with E-state index < -0.39 is 7.55 Å². The van der Waals surface area contributed by atoms with Crippen LogP contribution in [-0.2, 0) is 0 Å². The van der Waals surface area contributed by atoms with Crippen molar-refractivity contribution in [3.05, 3.63) is 78.4 Å². The topological polar surface area (TPSA) is 0 Å². The van der Waals surface area contributed by atoms with Gasteiger partial charge in [-0.2, -0.15) is 0 Å². The normalized spacial score (nSPS) is 10.4. The zero-order valence-corrected chi connectivity index (χ0v) is 15.9. The van der Waals surface area contributed by atoms with Crippen LogP contribution in [0.2, 0.25) is 0 Å². The van der Waals surface area contributed by atoms with Crippen LogP contribution in [0.15, 0.2) is 87.5 Å². The molecule has 0 bridgehead atoms. The molecule has 0 saturated carbocycles. The van der Waals surface area contributed by atoms with E-state index in [1.54, 1.807) is 0 Å². The van der Waals surface area contributed by atoms with Crippen LogP contribution >= 0.6 is 45.4 Å². The molecule has 0 fully saturated rings. The molecule has 0 N–H and O–H groups in total. The Hall–Kier alpha value is -1.12. The van der Waals surface area contributed by atoms with E-state index >= 15 is 0 Å². The lowest BCUT2D eigenvalue weighted by Crippen LogP contribution is -2.08. The van der Waals surface area contributed by atoms with Crippen molar-refractivity contribution in [3.63, 3.8) is 0 Å². The molecule has 0 aromatic heterocycles.